The number of hydrogen-bond donors (Lipinski definition) is 1. The highest BCUT2D eigenvalue weighted by atomic mass is 16.1. The lowest BCUT2D eigenvalue weighted by Crippen LogP contribution is -2.37. The van der Waals surface area contributed by atoms with E-state index < -0.39 is 0 Å². The van der Waals surface area contributed by atoms with E-state index in [-0.39, 0.29) is 5.91 Å². The van der Waals surface area contributed by atoms with Gasteiger partial charge < -0.3 is 5.32 Å². The highest BCUT2D eigenvalue weighted by molar-refractivity contribution is 6.01. The number of carbonyl (C=O) groups excluding carboxylic acids is 1. The molecule has 0 bridgehead atoms. The fourth-order valence-corrected chi connectivity index (χ4v) is 3.37. The molecule has 1 aromatic heterocycles. The molecule has 110 valence electrons. The van der Waals surface area contributed by atoms with Gasteiger partial charge in [0.1, 0.15) is 0 Å². The van der Waals surface area contributed by atoms with E-state index in [9.17, 15) is 4.79 Å². The second kappa shape index (κ2) is 5.84. The van der Waals surface area contributed by atoms with Gasteiger partial charge in [-0.3, -0.25) is 9.78 Å². The first-order valence-electron chi connectivity index (χ1n) is 7.83. The summed E-state index contributed by atoms with van der Waals surface area (Å²) in [4.78, 5) is 17.2. The lowest BCUT2D eigenvalue weighted by molar-refractivity contribution is 0.0926. The molecule has 3 heteroatoms. The Balaban J connectivity index is 1.93. The summed E-state index contributed by atoms with van der Waals surface area (Å²) in [5.41, 5.74) is 3.56. The van der Waals surface area contributed by atoms with Crippen molar-refractivity contribution in [1.82, 2.24) is 10.3 Å². The van der Waals surface area contributed by atoms with Crippen molar-refractivity contribution < 1.29 is 4.79 Å². The minimum atomic E-state index is 0.0372. The summed E-state index contributed by atoms with van der Waals surface area (Å²) in [5, 5.41) is 4.27. The summed E-state index contributed by atoms with van der Waals surface area (Å²) >= 11 is 0. The summed E-state index contributed by atoms with van der Waals surface area (Å²) in [6.45, 7) is 3.95. The van der Waals surface area contributed by atoms with E-state index in [0.717, 1.165) is 40.6 Å². The summed E-state index contributed by atoms with van der Waals surface area (Å²) in [6, 6.07) is 8.34. The van der Waals surface area contributed by atoms with Crippen LogP contribution < -0.4 is 5.32 Å². The molecule has 0 aliphatic heterocycles. The van der Waals surface area contributed by atoms with Crippen LogP contribution in [0.3, 0.4) is 0 Å². The van der Waals surface area contributed by atoms with E-state index in [1.54, 1.807) is 0 Å². The molecule has 1 amide bonds. The molecule has 0 saturated heterocycles. The summed E-state index contributed by atoms with van der Waals surface area (Å²) in [7, 11) is 0. The first-order valence-corrected chi connectivity index (χ1v) is 7.83. The molecule has 1 aromatic carbocycles. The highest BCUT2D eigenvalue weighted by Gasteiger charge is 2.20. The predicted octanol–water partition coefficient (Wildman–Crippen LogP) is 3.91. The Labute approximate surface area is 125 Å². The lowest BCUT2D eigenvalue weighted by Gasteiger charge is -2.23. The molecule has 0 spiro atoms. The van der Waals surface area contributed by atoms with Crippen LogP contribution in [0.15, 0.2) is 24.3 Å². The number of aromatic nitrogens is 1. The normalized spacial score (nSPS) is 16.1. The molecule has 1 heterocycles. The fraction of sp³-hybridized carbons (Fsp3) is 0.444. The fourth-order valence-electron chi connectivity index (χ4n) is 3.37. The summed E-state index contributed by atoms with van der Waals surface area (Å²) < 4.78 is 0. The number of nitrogens with zero attached hydrogens (tertiary/aromatic N) is 1. The van der Waals surface area contributed by atoms with Gasteiger partial charge in [-0.25, -0.2) is 0 Å². The molecule has 1 N–H and O–H groups in total. The third kappa shape index (κ3) is 2.78. The molecule has 1 aliphatic rings. The number of nitrogens with one attached hydrogen (secondary N) is 1. The van der Waals surface area contributed by atoms with Gasteiger partial charge in [-0.2, -0.15) is 0 Å². The molecule has 3 nitrogen and oxygen atoms in total. The number of carbonyl (C=O) groups is 1. The molecule has 1 aliphatic carbocycles. The first kappa shape index (κ1) is 14.1. The van der Waals surface area contributed by atoms with Gasteiger partial charge in [0.15, 0.2) is 0 Å². The number of benzene rings is 1. The van der Waals surface area contributed by atoms with Crippen molar-refractivity contribution in [2.24, 2.45) is 0 Å². The third-order valence-electron chi connectivity index (χ3n) is 4.50. The Morgan fingerprint density at radius 3 is 2.62 bits per heavy atom. The van der Waals surface area contributed by atoms with E-state index in [1.807, 2.05) is 38.1 Å². The van der Waals surface area contributed by atoms with Crippen molar-refractivity contribution >= 4 is 16.8 Å². The first-order chi connectivity index (χ1) is 10.2. The molecule has 3 rings (SSSR count). The molecule has 2 aromatic rings. The van der Waals surface area contributed by atoms with Crippen molar-refractivity contribution in [3.05, 3.63) is 41.1 Å². The molecule has 21 heavy (non-hydrogen) atoms. The van der Waals surface area contributed by atoms with E-state index in [1.165, 1.54) is 19.3 Å². The van der Waals surface area contributed by atoms with Crippen molar-refractivity contribution in [2.45, 2.75) is 52.0 Å². The topological polar surface area (TPSA) is 42.0 Å². The Bertz CT molecular complexity index is 672. The number of aryl methyl sites for hydroxylation is 2. The van der Waals surface area contributed by atoms with Crippen LogP contribution in [0.25, 0.3) is 10.9 Å². The minimum absolute atomic E-state index is 0.0372. The largest absolute Gasteiger partial charge is 0.349 e. The Hall–Kier alpha value is -1.90. The van der Waals surface area contributed by atoms with Gasteiger partial charge in [-0.15, -0.1) is 0 Å². The Morgan fingerprint density at radius 2 is 1.86 bits per heavy atom. The average molecular weight is 282 g/mol. The van der Waals surface area contributed by atoms with Crippen LogP contribution in [-0.4, -0.2) is 16.9 Å². The molecule has 0 atom stereocenters. The summed E-state index contributed by atoms with van der Waals surface area (Å²) in [6.07, 6.45) is 5.94. The summed E-state index contributed by atoms with van der Waals surface area (Å²) in [5.74, 6) is 0.0372. The number of pyridine rings is 1. The van der Waals surface area contributed by atoms with E-state index in [4.69, 9.17) is 0 Å². The zero-order valence-corrected chi connectivity index (χ0v) is 12.8. The van der Waals surface area contributed by atoms with Crippen LogP contribution >= 0.6 is 0 Å². The quantitative estimate of drug-likeness (QED) is 0.907. The standard InChI is InChI=1S/C18H22N2O/c1-12-15-10-6-7-11-16(15)19-13(2)17(12)18(21)20-14-8-4-3-5-9-14/h6-7,10-11,14H,3-5,8-9H2,1-2H3,(H,20,21). The van der Waals surface area contributed by atoms with Crippen LogP contribution in [0.4, 0.5) is 0 Å². The third-order valence-corrected chi connectivity index (χ3v) is 4.50. The maximum Gasteiger partial charge on any atom is 0.253 e. The van der Waals surface area contributed by atoms with Crippen LogP contribution in [0.1, 0.15) is 53.7 Å². The minimum Gasteiger partial charge on any atom is -0.349 e. The zero-order chi connectivity index (χ0) is 14.8. The van der Waals surface area contributed by atoms with Gasteiger partial charge in [0, 0.05) is 11.4 Å². The molecule has 0 unspecified atom stereocenters. The zero-order valence-electron chi connectivity index (χ0n) is 12.8. The smallest absolute Gasteiger partial charge is 0.253 e. The number of amides is 1. The van der Waals surface area contributed by atoms with Crippen LogP contribution in [0, 0.1) is 13.8 Å². The molecule has 1 saturated carbocycles. The van der Waals surface area contributed by atoms with Gasteiger partial charge in [-0.1, -0.05) is 37.5 Å². The second-order valence-corrected chi connectivity index (χ2v) is 6.02. The SMILES string of the molecule is Cc1nc2ccccc2c(C)c1C(=O)NC1CCCCC1. The van der Waals surface area contributed by atoms with Crippen LogP contribution in [0.5, 0.6) is 0 Å². The Morgan fingerprint density at radius 1 is 1.14 bits per heavy atom. The van der Waals surface area contributed by atoms with Crippen LogP contribution in [-0.2, 0) is 0 Å². The van der Waals surface area contributed by atoms with E-state index >= 15 is 0 Å². The van der Waals surface area contributed by atoms with Crippen molar-refractivity contribution in [3.63, 3.8) is 0 Å². The monoisotopic (exact) mass is 282 g/mol. The van der Waals surface area contributed by atoms with Crippen molar-refractivity contribution in [1.29, 1.82) is 0 Å². The van der Waals surface area contributed by atoms with Crippen molar-refractivity contribution in [3.8, 4) is 0 Å². The maximum atomic E-state index is 12.6. The van der Waals surface area contributed by atoms with Gasteiger partial charge in [0.25, 0.3) is 5.91 Å². The Kier molecular flexibility index (Phi) is 3.91. The lowest BCUT2D eigenvalue weighted by atomic mass is 9.94. The van der Waals surface area contributed by atoms with Gasteiger partial charge in [0.2, 0.25) is 0 Å². The van der Waals surface area contributed by atoms with Crippen molar-refractivity contribution in [2.75, 3.05) is 0 Å². The molecular weight excluding hydrogens is 260 g/mol. The van der Waals surface area contributed by atoms with E-state index in [0.29, 0.717) is 6.04 Å². The van der Waals surface area contributed by atoms with Gasteiger partial charge >= 0.3 is 0 Å². The van der Waals surface area contributed by atoms with Crippen LogP contribution in [0.2, 0.25) is 0 Å². The number of rotatable bonds is 2. The maximum absolute atomic E-state index is 12.6. The second-order valence-electron chi connectivity index (χ2n) is 6.02. The molecule has 0 radical (unpaired) electrons. The number of para-hydroxylation sites is 1. The van der Waals surface area contributed by atoms with E-state index in [2.05, 4.69) is 10.3 Å². The van der Waals surface area contributed by atoms with Gasteiger partial charge in [0.05, 0.1) is 16.8 Å². The molecule has 1 fully saturated rings. The predicted molar refractivity (Wildman–Crippen MR) is 85.6 cm³/mol. The average Bonchev–Trinajstić information content (AvgIpc) is 2.48. The van der Waals surface area contributed by atoms with Gasteiger partial charge in [-0.05, 0) is 38.3 Å². The number of hydrogen-bond acceptors (Lipinski definition) is 2. The molecular formula is C18H22N2O. The number of fused-ring (bicyclic) bond motifs is 1. The highest BCUT2D eigenvalue weighted by Crippen LogP contribution is 2.23.